The number of nitrogens with one attached hydrogen (secondary N) is 1. The predicted octanol–water partition coefficient (Wildman–Crippen LogP) is 3.00. The van der Waals surface area contributed by atoms with Gasteiger partial charge < -0.3 is 14.7 Å². The molecule has 2 amide bonds. The standard InChI is InChI=1S/C20H29N5O3/c1-7-25-17(19(27)24(5)6)14(11-21-25)22-18(26)16-13-10-12(20(2,3)4)8-9-15(13)28-23-16/h11-12H,7-10H2,1-6H3,(H,22,26). The Morgan fingerprint density at radius 1 is 1.36 bits per heavy atom. The van der Waals surface area contributed by atoms with Crippen molar-refractivity contribution < 1.29 is 14.1 Å². The van der Waals surface area contributed by atoms with E-state index in [1.54, 1.807) is 18.8 Å². The average Bonchev–Trinajstić information content (AvgIpc) is 3.23. The molecule has 1 N–H and O–H groups in total. The van der Waals surface area contributed by atoms with E-state index in [9.17, 15) is 9.59 Å². The van der Waals surface area contributed by atoms with E-state index in [-0.39, 0.29) is 17.2 Å². The zero-order valence-corrected chi connectivity index (χ0v) is 17.5. The van der Waals surface area contributed by atoms with Gasteiger partial charge >= 0.3 is 0 Å². The van der Waals surface area contributed by atoms with Gasteiger partial charge in [-0.15, -0.1) is 0 Å². The van der Waals surface area contributed by atoms with Crippen molar-refractivity contribution in [3.63, 3.8) is 0 Å². The Kier molecular flexibility index (Phi) is 5.32. The first kappa shape index (κ1) is 20.1. The number of aryl methyl sites for hydroxylation is 2. The number of amides is 2. The Bertz CT molecular complexity index is 888. The van der Waals surface area contributed by atoms with Gasteiger partial charge in [-0.2, -0.15) is 5.10 Å². The number of nitrogens with zero attached hydrogens (tertiary/aromatic N) is 4. The van der Waals surface area contributed by atoms with Gasteiger partial charge in [-0.1, -0.05) is 25.9 Å². The van der Waals surface area contributed by atoms with Crippen LogP contribution in [0.3, 0.4) is 0 Å². The van der Waals surface area contributed by atoms with Crippen LogP contribution in [0.2, 0.25) is 0 Å². The molecule has 1 aliphatic rings. The van der Waals surface area contributed by atoms with Gasteiger partial charge in [-0.3, -0.25) is 14.3 Å². The lowest BCUT2D eigenvalue weighted by molar-refractivity contribution is 0.0816. The molecule has 152 valence electrons. The smallest absolute Gasteiger partial charge is 0.278 e. The second-order valence-electron chi connectivity index (χ2n) is 8.61. The Morgan fingerprint density at radius 2 is 2.07 bits per heavy atom. The molecule has 1 aliphatic carbocycles. The molecule has 0 spiro atoms. The monoisotopic (exact) mass is 387 g/mol. The molecule has 0 radical (unpaired) electrons. The van der Waals surface area contributed by atoms with E-state index in [1.165, 1.54) is 11.1 Å². The van der Waals surface area contributed by atoms with Crippen LogP contribution in [-0.2, 0) is 19.4 Å². The van der Waals surface area contributed by atoms with Crippen molar-refractivity contribution >= 4 is 17.5 Å². The molecular weight excluding hydrogens is 358 g/mol. The molecule has 2 heterocycles. The van der Waals surface area contributed by atoms with Gasteiger partial charge in [0.05, 0.1) is 11.9 Å². The Labute approximate surface area is 165 Å². The van der Waals surface area contributed by atoms with Crippen LogP contribution in [0, 0.1) is 11.3 Å². The molecule has 0 saturated heterocycles. The fourth-order valence-corrected chi connectivity index (χ4v) is 3.66. The molecular formula is C20H29N5O3. The van der Waals surface area contributed by atoms with E-state index >= 15 is 0 Å². The van der Waals surface area contributed by atoms with Crippen LogP contribution in [0.4, 0.5) is 5.69 Å². The van der Waals surface area contributed by atoms with Crippen molar-refractivity contribution in [1.29, 1.82) is 0 Å². The van der Waals surface area contributed by atoms with E-state index in [0.29, 0.717) is 29.5 Å². The predicted molar refractivity (Wildman–Crippen MR) is 105 cm³/mol. The van der Waals surface area contributed by atoms with Crippen molar-refractivity contribution in [2.24, 2.45) is 11.3 Å². The Balaban J connectivity index is 1.88. The second kappa shape index (κ2) is 7.41. The average molecular weight is 387 g/mol. The molecule has 1 unspecified atom stereocenters. The molecule has 2 aromatic rings. The van der Waals surface area contributed by atoms with Crippen molar-refractivity contribution in [1.82, 2.24) is 19.8 Å². The SMILES string of the molecule is CCn1ncc(NC(=O)c2noc3c2CC(C(C)(C)C)CC3)c1C(=O)N(C)C. The molecule has 0 saturated carbocycles. The summed E-state index contributed by atoms with van der Waals surface area (Å²) in [6, 6.07) is 0. The molecule has 3 rings (SSSR count). The summed E-state index contributed by atoms with van der Waals surface area (Å²) in [4.78, 5) is 27.0. The van der Waals surface area contributed by atoms with Crippen LogP contribution in [0.15, 0.2) is 10.7 Å². The maximum absolute atomic E-state index is 13.0. The van der Waals surface area contributed by atoms with Crippen LogP contribution in [0.5, 0.6) is 0 Å². The van der Waals surface area contributed by atoms with Gasteiger partial charge in [-0.05, 0) is 31.1 Å². The number of hydrogen-bond donors (Lipinski definition) is 1. The second-order valence-corrected chi connectivity index (χ2v) is 8.61. The van der Waals surface area contributed by atoms with Crippen LogP contribution in [-0.4, -0.2) is 45.7 Å². The van der Waals surface area contributed by atoms with Gasteiger partial charge in [0.15, 0.2) is 5.69 Å². The Hall–Kier alpha value is -2.64. The molecule has 0 fully saturated rings. The number of carbonyl (C=O) groups excluding carboxylic acids is 2. The highest BCUT2D eigenvalue weighted by Crippen LogP contribution is 2.38. The maximum atomic E-state index is 13.0. The van der Waals surface area contributed by atoms with Gasteiger partial charge in [-0.25, -0.2) is 0 Å². The third kappa shape index (κ3) is 3.68. The van der Waals surface area contributed by atoms with Gasteiger partial charge in [0.2, 0.25) is 0 Å². The molecule has 0 bridgehead atoms. The molecule has 28 heavy (non-hydrogen) atoms. The molecule has 0 aromatic carbocycles. The summed E-state index contributed by atoms with van der Waals surface area (Å²) >= 11 is 0. The summed E-state index contributed by atoms with van der Waals surface area (Å²) in [7, 11) is 3.34. The van der Waals surface area contributed by atoms with E-state index in [2.05, 4.69) is 36.3 Å². The summed E-state index contributed by atoms with van der Waals surface area (Å²) in [5.74, 6) is 0.659. The highest BCUT2D eigenvalue weighted by Gasteiger charge is 2.34. The van der Waals surface area contributed by atoms with Crippen LogP contribution in [0.1, 0.15) is 66.4 Å². The number of fused-ring (bicyclic) bond motifs is 1. The highest BCUT2D eigenvalue weighted by atomic mass is 16.5. The molecule has 8 heteroatoms. The summed E-state index contributed by atoms with van der Waals surface area (Å²) < 4.78 is 7.02. The summed E-state index contributed by atoms with van der Waals surface area (Å²) in [5, 5.41) is 11.1. The van der Waals surface area contributed by atoms with E-state index in [1.807, 2.05) is 6.92 Å². The van der Waals surface area contributed by atoms with Crippen LogP contribution < -0.4 is 5.32 Å². The van der Waals surface area contributed by atoms with Gasteiger partial charge in [0, 0.05) is 32.6 Å². The molecule has 0 aliphatic heterocycles. The van der Waals surface area contributed by atoms with Crippen LogP contribution in [0.25, 0.3) is 0 Å². The quantitative estimate of drug-likeness (QED) is 0.870. The fraction of sp³-hybridized carbons (Fsp3) is 0.600. The maximum Gasteiger partial charge on any atom is 0.278 e. The minimum Gasteiger partial charge on any atom is -0.360 e. The number of hydrogen-bond acceptors (Lipinski definition) is 5. The minimum absolute atomic E-state index is 0.149. The largest absolute Gasteiger partial charge is 0.360 e. The molecule has 2 aromatic heterocycles. The van der Waals surface area contributed by atoms with Crippen molar-refractivity contribution in [2.75, 3.05) is 19.4 Å². The van der Waals surface area contributed by atoms with Gasteiger partial charge in [0.1, 0.15) is 11.5 Å². The third-order valence-corrected chi connectivity index (χ3v) is 5.48. The normalized spacial score (nSPS) is 16.6. The topological polar surface area (TPSA) is 93.3 Å². The fourth-order valence-electron chi connectivity index (χ4n) is 3.66. The van der Waals surface area contributed by atoms with Crippen molar-refractivity contribution in [3.8, 4) is 0 Å². The summed E-state index contributed by atoms with van der Waals surface area (Å²) in [6.07, 6.45) is 4.08. The lowest BCUT2D eigenvalue weighted by atomic mass is 9.71. The number of rotatable bonds is 4. The molecule has 1 atom stereocenters. The lowest BCUT2D eigenvalue weighted by Crippen LogP contribution is -2.28. The first-order valence-corrected chi connectivity index (χ1v) is 9.69. The third-order valence-electron chi connectivity index (χ3n) is 5.48. The highest BCUT2D eigenvalue weighted by molar-refractivity contribution is 6.08. The van der Waals surface area contributed by atoms with E-state index < -0.39 is 0 Å². The van der Waals surface area contributed by atoms with Crippen molar-refractivity contribution in [2.45, 2.75) is 53.5 Å². The van der Waals surface area contributed by atoms with E-state index in [0.717, 1.165) is 30.6 Å². The first-order chi connectivity index (χ1) is 13.1. The van der Waals surface area contributed by atoms with E-state index in [4.69, 9.17) is 4.52 Å². The summed E-state index contributed by atoms with van der Waals surface area (Å²) in [6.45, 7) is 9.07. The Morgan fingerprint density at radius 3 is 2.68 bits per heavy atom. The zero-order chi connectivity index (χ0) is 20.6. The summed E-state index contributed by atoms with van der Waals surface area (Å²) in [5.41, 5.74) is 2.07. The number of aromatic nitrogens is 3. The number of anilines is 1. The minimum atomic E-state index is -0.372. The van der Waals surface area contributed by atoms with Crippen molar-refractivity contribution in [3.05, 3.63) is 28.9 Å². The number of carbonyl (C=O) groups is 2. The first-order valence-electron chi connectivity index (χ1n) is 9.69. The lowest BCUT2D eigenvalue weighted by Gasteiger charge is -2.33. The van der Waals surface area contributed by atoms with Gasteiger partial charge in [0.25, 0.3) is 11.8 Å². The molecule has 8 nitrogen and oxygen atoms in total. The zero-order valence-electron chi connectivity index (χ0n) is 17.5. The van der Waals surface area contributed by atoms with Crippen LogP contribution >= 0.6 is 0 Å².